The number of hydrogen-bond donors (Lipinski definition) is 3. The summed E-state index contributed by atoms with van der Waals surface area (Å²) in [6, 6.07) is 1.89. The van der Waals surface area contributed by atoms with E-state index in [9.17, 15) is 4.79 Å². The Morgan fingerprint density at radius 3 is 3.21 bits per heavy atom. The van der Waals surface area contributed by atoms with E-state index in [2.05, 4.69) is 30.6 Å². The van der Waals surface area contributed by atoms with Gasteiger partial charge in [-0.3, -0.25) is 19.6 Å². The van der Waals surface area contributed by atoms with Crippen LogP contribution >= 0.6 is 0 Å². The van der Waals surface area contributed by atoms with Crippen molar-refractivity contribution in [3.63, 3.8) is 0 Å². The zero-order chi connectivity index (χ0) is 13.1. The molecule has 0 bridgehead atoms. The van der Waals surface area contributed by atoms with Gasteiger partial charge in [-0.05, 0) is 12.5 Å². The Labute approximate surface area is 107 Å². The molecular weight excluding hydrogens is 246 g/mol. The summed E-state index contributed by atoms with van der Waals surface area (Å²) >= 11 is 0. The topological polar surface area (TPSA) is 104 Å². The Morgan fingerprint density at radius 2 is 2.37 bits per heavy atom. The van der Waals surface area contributed by atoms with E-state index in [0.29, 0.717) is 23.5 Å². The Hall–Kier alpha value is -2.64. The van der Waals surface area contributed by atoms with Gasteiger partial charge in [-0.2, -0.15) is 15.2 Å². The standard InChI is InChI=1S/C11H13N7O/c19-10-8-7-13-17-9(8)15-11(16-10)12-3-1-5-18-6-2-4-14-18/h2,4,6-7H,1,3,5H2,(H3,12,13,15,16,17,19). The predicted octanol–water partition coefficient (Wildman–Crippen LogP) is 0.345. The maximum atomic E-state index is 11.7. The van der Waals surface area contributed by atoms with Crippen LogP contribution in [0.4, 0.5) is 5.95 Å². The number of anilines is 1. The van der Waals surface area contributed by atoms with Crippen molar-refractivity contribution in [3.05, 3.63) is 35.0 Å². The van der Waals surface area contributed by atoms with Crippen molar-refractivity contribution in [2.45, 2.75) is 13.0 Å². The molecule has 0 unspecified atom stereocenters. The first-order valence-corrected chi connectivity index (χ1v) is 5.97. The van der Waals surface area contributed by atoms with Crippen molar-refractivity contribution in [1.29, 1.82) is 0 Å². The number of aromatic nitrogens is 6. The average Bonchev–Trinajstić information content (AvgIpc) is 3.05. The molecule has 0 fully saturated rings. The van der Waals surface area contributed by atoms with E-state index >= 15 is 0 Å². The molecule has 3 heterocycles. The van der Waals surface area contributed by atoms with Gasteiger partial charge in [-0.1, -0.05) is 0 Å². The summed E-state index contributed by atoms with van der Waals surface area (Å²) in [7, 11) is 0. The fourth-order valence-electron chi connectivity index (χ4n) is 1.81. The molecule has 0 saturated heterocycles. The molecule has 0 aliphatic carbocycles. The minimum Gasteiger partial charge on any atom is -0.356 e. The molecule has 0 radical (unpaired) electrons. The van der Waals surface area contributed by atoms with Crippen LogP contribution in [-0.4, -0.2) is 36.5 Å². The average molecular weight is 259 g/mol. The first-order chi connectivity index (χ1) is 9.33. The first-order valence-electron chi connectivity index (χ1n) is 5.97. The van der Waals surface area contributed by atoms with Gasteiger partial charge in [-0.15, -0.1) is 0 Å². The third-order valence-corrected chi connectivity index (χ3v) is 2.74. The van der Waals surface area contributed by atoms with Crippen molar-refractivity contribution in [3.8, 4) is 0 Å². The van der Waals surface area contributed by atoms with Gasteiger partial charge >= 0.3 is 0 Å². The molecule has 3 aromatic heterocycles. The number of H-pyrrole nitrogens is 2. The Balaban J connectivity index is 1.60. The molecule has 0 spiro atoms. The molecule has 0 amide bonds. The first kappa shape index (κ1) is 11.5. The molecule has 0 aliphatic rings. The van der Waals surface area contributed by atoms with Gasteiger partial charge in [0.25, 0.3) is 5.56 Å². The lowest BCUT2D eigenvalue weighted by Gasteiger charge is -2.05. The molecule has 3 aromatic rings. The minimum atomic E-state index is -0.201. The van der Waals surface area contributed by atoms with Gasteiger partial charge in [0, 0.05) is 25.5 Å². The number of aromatic amines is 2. The van der Waals surface area contributed by atoms with E-state index in [0.717, 1.165) is 13.0 Å². The summed E-state index contributed by atoms with van der Waals surface area (Å²) in [5, 5.41) is 14.1. The summed E-state index contributed by atoms with van der Waals surface area (Å²) in [5.41, 5.74) is 0.284. The number of hydrogen-bond acceptors (Lipinski definition) is 5. The quantitative estimate of drug-likeness (QED) is 0.573. The van der Waals surface area contributed by atoms with Gasteiger partial charge in [0.15, 0.2) is 5.65 Å². The van der Waals surface area contributed by atoms with Crippen LogP contribution < -0.4 is 10.9 Å². The molecule has 0 aliphatic heterocycles. The maximum Gasteiger partial charge on any atom is 0.263 e. The van der Waals surface area contributed by atoms with Gasteiger partial charge in [0.05, 0.1) is 6.20 Å². The van der Waals surface area contributed by atoms with E-state index in [4.69, 9.17) is 0 Å². The summed E-state index contributed by atoms with van der Waals surface area (Å²) < 4.78 is 1.86. The lowest BCUT2D eigenvalue weighted by Crippen LogP contribution is -2.14. The molecule has 0 atom stereocenters. The molecule has 98 valence electrons. The Morgan fingerprint density at radius 1 is 1.42 bits per heavy atom. The SMILES string of the molecule is O=c1[nH]c(NCCCn2cccn2)nc2[nH]ncc12. The fraction of sp³-hybridized carbons (Fsp3) is 0.273. The predicted molar refractivity (Wildman–Crippen MR) is 69.8 cm³/mol. The van der Waals surface area contributed by atoms with Crippen LogP contribution in [0, 0.1) is 0 Å². The maximum absolute atomic E-state index is 11.7. The van der Waals surface area contributed by atoms with Crippen LogP contribution in [0.15, 0.2) is 29.5 Å². The highest BCUT2D eigenvalue weighted by Gasteiger charge is 2.04. The second-order valence-corrected chi connectivity index (χ2v) is 4.10. The molecule has 0 aromatic carbocycles. The number of rotatable bonds is 5. The van der Waals surface area contributed by atoms with Crippen LogP contribution in [0.25, 0.3) is 11.0 Å². The van der Waals surface area contributed by atoms with Crippen LogP contribution in [0.1, 0.15) is 6.42 Å². The molecular formula is C11H13N7O. The van der Waals surface area contributed by atoms with Crippen molar-refractivity contribution < 1.29 is 0 Å². The lowest BCUT2D eigenvalue weighted by molar-refractivity contribution is 0.591. The molecule has 3 N–H and O–H groups in total. The second-order valence-electron chi connectivity index (χ2n) is 4.10. The van der Waals surface area contributed by atoms with Crippen molar-refractivity contribution in [1.82, 2.24) is 29.9 Å². The van der Waals surface area contributed by atoms with Gasteiger partial charge in [0.1, 0.15) is 5.39 Å². The molecule has 3 rings (SSSR count). The zero-order valence-electron chi connectivity index (χ0n) is 10.1. The third kappa shape index (κ3) is 2.46. The normalized spacial score (nSPS) is 10.9. The van der Waals surface area contributed by atoms with Gasteiger partial charge < -0.3 is 5.32 Å². The van der Waals surface area contributed by atoms with Gasteiger partial charge in [0.2, 0.25) is 5.95 Å². The van der Waals surface area contributed by atoms with Crippen LogP contribution in [0.2, 0.25) is 0 Å². The highest BCUT2D eigenvalue weighted by molar-refractivity contribution is 5.73. The fourth-order valence-corrected chi connectivity index (χ4v) is 1.81. The summed E-state index contributed by atoms with van der Waals surface area (Å²) in [5.74, 6) is 0.446. The summed E-state index contributed by atoms with van der Waals surface area (Å²) in [6.07, 6.45) is 6.00. The van der Waals surface area contributed by atoms with Gasteiger partial charge in [-0.25, -0.2) is 0 Å². The minimum absolute atomic E-state index is 0.201. The highest BCUT2D eigenvalue weighted by atomic mass is 16.1. The molecule has 8 heteroatoms. The summed E-state index contributed by atoms with van der Waals surface area (Å²) in [6.45, 7) is 1.51. The molecule has 19 heavy (non-hydrogen) atoms. The van der Waals surface area contributed by atoms with E-state index in [1.807, 2.05) is 16.9 Å². The van der Waals surface area contributed by atoms with Crippen molar-refractivity contribution in [2.24, 2.45) is 0 Å². The smallest absolute Gasteiger partial charge is 0.263 e. The van der Waals surface area contributed by atoms with Crippen LogP contribution in [0.5, 0.6) is 0 Å². The number of fused-ring (bicyclic) bond motifs is 1. The third-order valence-electron chi connectivity index (χ3n) is 2.74. The van der Waals surface area contributed by atoms with Crippen LogP contribution in [-0.2, 0) is 6.54 Å². The number of aryl methyl sites for hydroxylation is 1. The molecule has 0 saturated carbocycles. The largest absolute Gasteiger partial charge is 0.356 e. The van der Waals surface area contributed by atoms with E-state index < -0.39 is 0 Å². The molecule has 8 nitrogen and oxygen atoms in total. The van der Waals surface area contributed by atoms with Crippen molar-refractivity contribution in [2.75, 3.05) is 11.9 Å². The monoisotopic (exact) mass is 259 g/mol. The Kier molecular flexibility index (Phi) is 2.97. The Bertz CT molecular complexity index is 712. The number of nitrogens with zero attached hydrogens (tertiary/aromatic N) is 4. The zero-order valence-corrected chi connectivity index (χ0v) is 10.1. The van der Waals surface area contributed by atoms with Crippen LogP contribution in [0.3, 0.4) is 0 Å². The number of nitrogens with one attached hydrogen (secondary N) is 3. The second kappa shape index (κ2) is 4.92. The van der Waals surface area contributed by atoms with E-state index in [1.165, 1.54) is 6.20 Å². The van der Waals surface area contributed by atoms with E-state index in [1.54, 1.807) is 6.20 Å². The van der Waals surface area contributed by atoms with Crippen molar-refractivity contribution >= 4 is 17.0 Å². The summed E-state index contributed by atoms with van der Waals surface area (Å²) in [4.78, 5) is 18.6. The lowest BCUT2D eigenvalue weighted by atomic mass is 10.4. The van der Waals surface area contributed by atoms with E-state index in [-0.39, 0.29) is 5.56 Å². The highest BCUT2D eigenvalue weighted by Crippen LogP contribution is 2.03.